The molecule has 0 bridgehead atoms. The lowest BCUT2D eigenvalue weighted by Gasteiger charge is -2.07. The molecule has 0 radical (unpaired) electrons. The van der Waals surface area contributed by atoms with Crippen LogP contribution in [0.2, 0.25) is 10.0 Å². The van der Waals surface area contributed by atoms with E-state index < -0.39 is 0 Å². The third kappa shape index (κ3) is 2.58. The van der Waals surface area contributed by atoms with Gasteiger partial charge in [0.1, 0.15) is 5.82 Å². The molecule has 0 amide bonds. The van der Waals surface area contributed by atoms with Crippen LogP contribution in [0.25, 0.3) is 16.9 Å². The number of nitrogens with one attached hydrogen (secondary N) is 1. The lowest BCUT2D eigenvalue weighted by molar-refractivity contribution is 0.882. The average molecular weight is 358 g/mol. The van der Waals surface area contributed by atoms with Gasteiger partial charge in [0.05, 0.1) is 21.4 Å². The van der Waals surface area contributed by atoms with Crippen LogP contribution in [0.15, 0.2) is 36.4 Å². The molecule has 0 spiro atoms. The highest BCUT2D eigenvalue weighted by atomic mass is 35.5. The molecule has 1 aliphatic rings. The minimum atomic E-state index is 0.532. The van der Waals surface area contributed by atoms with Gasteiger partial charge in [0.2, 0.25) is 0 Å². The highest BCUT2D eigenvalue weighted by Crippen LogP contribution is 2.36. The van der Waals surface area contributed by atoms with Gasteiger partial charge in [0, 0.05) is 17.7 Å². The van der Waals surface area contributed by atoms with E-state index in [1.54, 1.807) is 6.07 Å². The van der Waals surface area contributed by atoms with Crippen LogP contribution in [0, 0.1) is 13.8 Å². The predicted octanol–water partition coefficient (Wildman–Crippen LogP) is 5.43. The molecule has 2 aromatic carbocycles. The van der Waals surface area contributed by atoms with Crippen molar-refractivity contribution < 1.29 is 0 Å². The molecular formula is C19H17Cl2N3. The standard InChI is InChI=1S/C19H17Cl2N3/c1-11-7-12(2)9-13(8-11)18-15-5-6-22-19(15)24(23-18)14-3-4-16(20)17(21)10-14/h3-4,7-10,22H,5-6H2,1-2H3. The number of hydrogen-bond acceptors (Lipinski definition) is 2. The van der Waals surface area contributed by atoms with Gasteiger partial charge in [0.15, 0.2) is 0 Å². The zero-order chi connectivity index (χ0) is 16.8. The van der Waals surface area contributed by atoms with E-state index in [9.17, 15) is 0 Å². The van der Waals surface area contributed by atoms with Crippen LogP contribution in [0.3, 0.4) is 0 Å². The quantitative estimate of drug-likeness (QED) is 0.662. The second-order valence-corrected chi connectivity index (χ2v) is 7.05. The van der Waals surface area contributed by atoms with Crippen LogP contribution in [0.4, 0.5) is 5.82 Å². The topological polar surface area (TPSA) is 29.9 Å². The Hall–Kier alpha value is -1.97. The molecule has 0 atom stereocenters. The van der Waals surface area contributed by atoms with Crippen molar-refractivity contribution in [3.8, 4) is 16.9 Å². The van der Waals surface area contributed by atoms with E-state index in [0.29, 0.717) is 10.0 Å². The number of nitrogens with zero attached hydrogens (tertiary/aromatic N) is 2. The van der Waals surface area contributed by atoms with E-state index in [4.69, 9.17) is 28.3 Å². The van der Waals surface area contributed by atoms with Gasteiger partial charge in [-0.3, -0.25) is 0 Å². The number of aromatic nitrogens is 2. The normalized spacial score (nSPS) is 13.0. The lowest BCUT2D eigenvalue weighted by Crippen LogP contribution is -2.04. The highest BCUT2D eigenvalue weighted by molar-refractivity contribution is 6.42. The summed E-state index contributed by atoms with van der Waals surface area (Å²) >= 11 is 12.2. The van der Waals surface area contributed by atoms with E-state index in [0.717, 1.165) is 35.7 Å². The fourth-order valence-electron chi connectivity index (χ4n) is 3.32. The number of hydrogen-bond donors (Lipinski definition) is 1. The summed E-state index contributed by atoms with van der Waals surface area (Å²) in [5.74, 6) is 1.04. The molecule has 1 N–H and O–H groups in total. The van der Waals surface area contributed by atoms with E-state index in [-0.39, 0.29) is 0 Å². The summed E-state index contributed by atoms with van der Waals surface area (Å²) in [7, 11) is 0. The second kappa shape index (κ2) is 5.83. The third-order valence-electron chi connectivity index (χ3n) is 4.29. The van der Waals surface area contributed by atoms with Gasteiger partial charge in [-0.25, -0.2) is 4.68 Å². The molecule has 1 aromatic heterocycles. The van der Waals surface area contributed by atoms with Crippen LogP contribution in [0.5, 0.6) is 0 Å². The van der Waals surface area contributed by atoms with Crippen LogP contribution >= 0.6 is 23.2 Å². The Morgan fingerprint density at radius 2 is 1.75 bits per heavy atom. The van der Waals surface area contributed by atoms with Crippen LogP contribution in [0.1, 0.15) is 16.7 Å². The second-order valence-electron chi connectivity index (χ2n) is 6.24. The Labute approximate surface area is 151 Å². The first-order valence-corrected chi connectivity index (χ1v) is 8.68. The van der Waals surface area contributed by atoms with Crippen molar-refractivity contribution in [3.05, 3.63) is 63.1 Å². The van der Waals surface area contributed by atoms with Crippen LogP contribution < -0.4 is 5.32 Å². The monoisotopic (exact) mass is 357 g/mol. The number of fused-ring (bicyclic) bond motifs is 1. The minimum Gasteiger partial charge on any atom is -0.369 e. The molecule has 0 unspecified atom stereocenters. The van der Waals surface area contributed by atoms with Crippen molar-refractivity contribution >= 4 is 29.0 Å². The number of anilines is 1. The minimum absolute atomic E-state index is 0.532. The van der Waals surface area contributed by atoms with Gasteiger partial charge in [-0.1, -0.05) is 40.4 Å². The molecule has 122 valence electrons. The van der Waals surface area contributed by atoms with Crippen molar-refractivity contribution in [2.24, 2.45) is 0 Å². The number of aryl methyl sites for hydroxylation is 2. The molecule has 1 aliphatic heterocycles. The SMILES string of the molecule is Cc1cc(C)cc(-c2nn(-c3ccc(Cl)c(Cl)c3)c3c2CCN3)c1. The largest absolute Gasteiger partial charge is 0.369 e. The van der Waals surface area contributed by atoms with E-state index >= 15 is 0 Å². The Bertz CT molecular complexity index is 924. The predicted molar refractivity (Wildman–Crippen MR) is 101 cm³/mol. The molecule has 4 rings (SSSR count). The molecule has 24 heavy (non-hydrogen) atoms. The maximum Gasteiger partial charge on any atom is 0.133 e. The van der Waals surface area contributed by atoms with Crippen LogP contribution in [-0.2, 0) is 6.42 Å². The summed E-state index contributed by atoms with van der Waals surface area (Å²) in [6.07, 6.45) is 0.971. The van der Waals surface area contributed by atoms with Gasteiger partial charge in [-0.2, -0.15) is 5.10 Å². The molecular weight excluding hydrogens is 341 g/mol. The maximum atomic E-state index is 6.19. The summed E-state index contributed by atoms with van der Waals surface area (Å²) in [4.78, 5) is 0. The Morgan fingerprint density at radius 1 is 1.00 bits per heavy atom. The fourth-order valence-corrected chi connectivity index (χ4v) is 3.61. The molecule has 0 saturated carbocycles. The zero-order valence-corrected chi connectivity index (χ0v) is 15.0. The Balaban J connectivity index is 1.90. The summed E-state index contributed by atoms with van der Waals surface area (Å²) in [6, 6.07) is 12.1. The van der Waals surface area contributed by atoms with Gasteiger partial charge >= 0.3 is 0 Å². The Kier molecular flexibility index (Phi) is 3.78. The van der Waals surface area contributed by atoms with Crippen molar-refractivity contribution in [2.75, 3.05) is 11.9 Å². The molecule has 3 aromatic rings. The van der Waals surface area contributed by atoms with E-state index in [1.165, 1.54) is 16.7 Å². The average Bonchev–Trinajstić information content (AvgIpc) is 3.11. The molecule has 3 nitrogen and oxygen atoms in total. The highest BCUT2D eigenvalue weighted by Gasteiger charge is 2.24. The van der Waals surface area contributed by atoms with Crippen molar-refractivity contribution in [1.82, 2.24) is 9.78 Å². The molecule has 0 saturated heterocycles. The third-order valence-corrected chi connectivity index (χ3v) is 5.03. The molecule has 2 heterocycles. The first-order valence-electron chi connectivity index (χ1n) is 7.93. The first-order chi connectivity index (χ1) is 11.5. The summed E-state index contributed by atoms with van der Waals surface area (Å²) in [5, 5.41) is 9.40. The van der Waals surface area contributed by atoms with Crippen molar-refractivity contribution in [3.63, 3.8) is 0 Å². The van der Waals surface area contributed by atoms with Gasteiger partial charge in [0.25, 0.3) is 0 Å². The Morgan fingerprint density at radius 3 is 2.46 bits per heavy atom. The first kappa shape index (κ1) is 15.6. The number of halogens is 2. The maximum absolute atomic E-state index is 6.19. The molecule has 0 fully saturated rings. The van der Waals surface area contributed by atoms with E-state index in [1.807, 2.05) is 16.8 Å². The summed E-state index contributed by atoms with van der Waals surface area (Å²) in [6.45, 7) is 5.15. The van der Waals surface area contributed by atoms with Gasteiger partial charge in [-0.05, 0) is 50.6 Å². The number of rotatable bonds is 2. The lowest BCUT2D eigenvalue weighted by atomic mass is 10.0. The molecule has 5 heteroatoms. The van der Waals surface area contributed by atoms with Gasteiger partial charge in [-0.15, -0.1) is 0 Å². The van der Waals surface area contributed by atoms with Crippen LogP contribution in [-0.4, -0.2) is 16.3 Å². The smallest absolute Gasteiger partial charge is 0.133 e. The molecule has 0 aliphatic carbocycles. The summed E-state index contributed by atoms with van der Waals surface area (Å²) < 4.78 is 1.93. The summed E-state index contributed by atoms with van der Waals surface area (Å²) in [5.41, 5.74) is 6.85. The zero-order valence-electron chi connectivity index (χ0n) is 13.5. The van der Waals surface area contributed by atoms with Crippen molar-refractivity contribution in [1.29, 1.82) is 0 Å². The van der Waals surface area contributed by atoms with Gasteiger partial charge < -0.3 is 5.32 Å². The fraction of sp³-hybridized carbons (Fsp3) is 0.211. The van der Waals surface area contributed by atoms with E-state index in [2.05, 4.69) is 37.4 Å². The van der Waals surface area contributed by atoms with Crippen molar-refractivity contribution in [2.45, 2.75) is 20.3 Å². The number of benzene rings is 2.